The average molecular weight is 283 g/mol. The number of nitrogens with zero attached hydrogens (tertiary/aromatic N) is 1. The lowest BCUT2D eigenvalue weighted by Gasteiger charge is -2.04. The van der Waals surface area contributed by atoms with Gasteiger partial charge in [-0.25, -0.2) is 4.98 Å². The van der Waals surface area contributed by atoms with Crippen LogP contribution in [0, 0.1) is 0 Å². The van der Waals surface area contributed by atoms with E-state index in [1.54, 1.807) is 42.5 Å². The molecule has 21 heavy (non-hydrogen) atoms. The molecule has 2 aromatic rings. The Morgan fingerprint density at radius 3 is 2.52 bits per heavy atom. The molecular weight excluding hydrogens is 270 g/mol. The van der Waals surface area contributed by atoms with Crippen molar-refractivity contribution in [1.29, 1.82) is 0 Å². The first kappa shape index (κ1) is 14.3. The summed E-state index contributed by atoms with van der Waals surface area (Å²) in [6.07, 6.45) is 2.29. The number of ketones is 1. The van der Waals surface area contributed by atoms with Gasteiger partial charge in [0, 0.05) is 17.8 Å². The number of anilines is 2. The van der Waals surface area contributed by atoms with Crippen LogP contribution in [0.25, 0.3) is 5.76 Å². The fraction of sp³-hybridized carbons (Fsp3) is 0. The van der Waals surface area contributed by atoms with E-state index < -0.39 is 11.7 Å². The highest BCUT2D eigenvalue weighted by Gasteiger charge is 2.14. The molecule has 1 aromatic heterocycles. The summed E-state index contributed by atoms with van der Waals surface area (Å²) in [4.78, 5) is 27.3. The van der Waals surface area contributed by atoms with Gasteiger partial charge < -0.3 is 16.2 Å². The number of hydrogen-bond donors (Lipinski definition) is 3. The maximum atomic E-state index is 11.7. The number of amides is 1. The molecule has 0 aliphatic heterocycles. The smallest absolute Gasteiger partial charge is 0.297 e. The van der Waals surface area contributed by atoms with Gasteiger partial charge in [-0.15, -0.1) is 0 Å². The van der Waals surface area contributed by atoms with Crippen LogP contribution in [0.1, 0.15) is 5.56 Å². The van der Waals surface area contributed by atoms with Crippen LogP contribution in [0.5, 0.6) is 0 Å². The molecular formula is C15H13N3O3. The number of nitrogens with two attached hydrogens (primary N) is 1. The lowest BCUT2D eigenvalue weighted by Crippen LogP contribution is -2.22. The first-order valence-corrected chi connectivity index (χ1v) is 6.10. The Morgan fingerprint density at radius 2 is 1.86 bits per heavy atom. The summed E-state index contributed by atoms with van der Waals surface area (Å²) in [5.74, 6) is -2.02. The zero-order valence-electron chi connectivity index (χ0n) is 11.0. The van der Waals surface area contributed by atoms with Gasteiger partial charge in [0.15, 0.2) is 5.82 Å². The van der Waals surface area contributed by atoms with Gasteiger partial charge >= 0.3 is 0 Å². The lowest BCUT2D eigenvalue weighted by molar-refractivity contribution is -0.132. The fourth-order valence-corrected chi connectivity index (χ4v) is 1.57. The molecule has 0 fully saturated rings. The molecule has 6 nitrogen and oxygen atoms in total. The van der Waals surface area contributed by atoms with Gasteiger partial charge in [-0.3, -0.25) is 9.59 Å². The monoisotopic (exact) mass is 283 g/mol. The van der Waals surface area contributed by atoms with Crippen LogP contribution in [0.15, 0.2) is 54.7 Å². The summed E-state index contributed by atoms with van der Waals surface area (Å²) in [6, 6.07) is 11.6. The molecule has 0 spiro atoms. The summed E-state index contributed by atoms with van der Waals surface area (Å²) in [5, 5.41) is 12.1. The maximum Gasteiger partial charge on any atom is 0.297 e. The summed E-state index contributed by atoms with van der Waals surface area (Å²) in [5.41, 5.74) is 6.29. The van der Waals surface area contributed by atoms with Gasteiger partial charge in [-0.2, -0.15) is 0 Å². The second kappa shape index (κ2) is 6.33. The molecule has 1 amide bonds. The number of aliphatic hydroxyl groups excluding tert-OH is 1. The Kier molecular flexibility index (Phi) is 4.30. The maximum absolute atomic E-state index is 11.7. The Bertz CT molecular complexity index is 696. The minimum absolute atomic E-state index is 0.100. The molecule has 1 heterocycles. The van der Waals surface area contributed by atoms with Crippen molar-refractivity contribution in [3.8, 4) is 0 Å². The fourth-order valence-electron chi connectivity index (χ4n) is 1.57. The van der Waals surface area contributed by atoms with E-state index in [1.165, 1.54) is 6.20 Å². The minimum Gasteiger partial charge on any atom is -0.507 e. The molecule has 4 N–H and O–H groups in total. The summed E-state index contributed by atoms with van der Waals surface area (Å²) in [6.45, 7) is 0. The Hall–Kier alpha value is -3.15. The van der Waals surface area contributed by atoms with Gasteiger partial charge in [-0.05, 0) is 12.1 Å². The number of nitrogen functional groups attached to an aromatic ring is 1. The zero-order chi connectivity index (χ0) is 15.2. The molecule has 1 aromatic carbocycles. The van der Waals surface area contributed by atoms with Crippen LogP contribution in [-0.2, 0) is 9.59 Å². The van der Waals surface area contributed by atoms with E-state index in [0.29, 0.717) is 5.56 Å². The third-order valence-corrected chi connectivity index (χ3v) is 2.63. The van der Waals surface area contributed by atoms with E-state index >= 15 is 0 Å². The van der Waals surface area contributed by atoms with Crippen LogP contribution < -0.4 is 11.1 Å². The number of rotatable bonds is 4. The molecule has 0 aliphatic carbocycles. The number of pyridine rings is 1. The molecule has 0 unspecified atom stereocenters. The Labute approximate surface area is 120 Å². The lowest BCUT2D eigenvalue weighted by atomic mass is 10.1. The van der Waals surface area contributed by atoms with Crippen molar-refractivity contribution in [2.45, 2.75) is 0 Å². The minimum atomic E-state index is -0.928. The highest BCUT2D eigenvalue weighted by Crippen LogP contribution is 2.14. The molecule has 0 bridgehead atoms. The van der Waals surface area contributed by atoms with Crippen LogP contribution in [0.4, 0.5) is 11.5 Å². The number of aromatic nitrogens is 1. The highest BCUT2D eigenvalue weighted by atomic mass is 16.3. The van der Waals surface area contributed by atoms with Crippen LogP contribution in [-0.4, -0.2) is 21.8 Å². The molecule has 0 saturated heterocycles. The predicted molar refractivity (Wildman–Crippen MR) is 79.3 cm³/mol. The molecule has 106 valence electrons. The van der Waals surface area contributed by atoms with Crippen LogP contribution >= 0.6 is 0 Å². The average Bonchev–Trinajstić information content (AvgIpc) is 2.50. The van der Waals surface area contributed by atoms with Crippen molar-refractivity contribution in [2.75, 3.05) is 11.1 Å². The van der Waals surface area contributed by atoms with E-state index in [1.807, 2.05) is 0 Å². The number of hydrogen-bond acceptors (Lipinski definition) is 5. The van der Waals surface area contributed by atoms with Gasteiger partial charge in [0.2, 0.25) is 5.78 Å². The van der Waals surface area contributed by atoms with Gasteiger partial charge in [0.25, 0.3) is 5.91 Å². The largest absolute Gasteiger partial charge is 0.507 e. The van der Waals surface area contributed by atoms with Crippen molar-refractivity contribution in [3.63, 3.8) is 0 Å². The van der Waals surface area contributed by atoms with Gasteiger partial charge in [0.1, 0.15) is 5.76 Å². The van der Waals surface area contributed by atoms with E-state index in [9.17, 15) is 14.7 Å². The molecule has 0 atom stereocenters. The van der Waals surface area contributed by atoms with E-state index in [0.717, 1.165) is 6.08 Å². The van der Waals surface area contributed by atoms with Crippen LogP contribution in [0.2, 0.25) is 0 Å². The molecule has 0 aliphatic rings. The first-order valence-electron chi connectivity index (χ1n) is 6.10. The topological polar surface area (TPSA) is 105 Å². The van der Waals surface area contributed by atoms with Crippen molar-refractivity contribution in [2.24, 2.45) is 0 Å². The van der Waals surface area contributed by atoms with Crippen molar-refractivity contribution < 1.29 is 14.7 Å². The zero-order valence-corrected chi connectivity index (χ0v) is 11.0. The van der Waals surface area contributed by atoms with Crippen LogP contribution in [0.3, 0.4) is 0 Å². The number of benzene rings is 1. The Balaban J connectivity index is 2.10. The molecule has 2 rings (SSSR count). The van der Waals surface area contributed by atoms with E-state index in [4.69, 9.17) is 5.73 Å². The van der Waals surface area contributed by atoms with Crippen molar-refractivity contribution in [1.82, 2.24) is 4.98 Å². The van der Waals surface area contributed by atoms with E-state index in [2.05, 4.69) is 10.3 Å². The first-order chi connectivity index (χ1) is 10.1. The standard InChI is InChI=1S/C15H13N3O3/c16-11-7-4-8-17-14(11)18-15(21)13(20)9-12(19)10-5-2-1-3-6-10/h1-9,19H,16H2,(H,17,18,21). The number of carbonyl (C=O) groups excluding carboxylic acids is 2. The molecule has 0 saturated carbocycles. The van der Waals surface area contributed by atoms with Gasteiger partial charge in [-0.1, -0.05) is 30.3 Å². The predicted octanol–water partition coefficient (Wildman–Crippen LogP) is 1.77. The van der Waals surface area contributed by atoms with Crippen molar-refractivity contribution in [3.05, 3.63) is 60.3 Å². The summed E-state index contributed by atoms with van der Waals surface area (Å²) >= 11 is 0. The third-order valence-electron chi connectivity index (χ3n) is 2.63. The van der Waals surface area contributed by atoms with E-state index in [-0.39, 0.29) is 17.3 Å². The molecule has 0 radical (unpaired) electrons. The second-order valence-electron chi connectivity index (χ2n) is 4.16. The van der Waals surface area contributed by atoms with Crippen molar-refractivity contribution >= 4 is 29.0 Å². The Morgan fingerprint density at radius 1 is 1.14 bits per heavy atom. The number of carbonyl (C=O) groups is 2. The quantitative estimate of drug-likeness (QED) is 0.450. The summed E-state index contributed by atoms with van der Waals surface area (Å²) < 4.78 is 0. The second-order valence-corrected chi connectivity index (χ2v) is 4.16. The third kappa shape index (κ3) is 3.66. The SMILES string of the molecule is Nc1cccnc1NC(=O)C(=O)C=C(O)c1ccccc1. The normalized spacial score (nSPS) is 11.0. The number of nitrogens with one attached hydrogen (secondary N) is 1. The van der Waals surface area contributed by atoms with Gasteiger partial charge in [0.05, 0.1) is 5.69 Å². The molecule has 6 heteroatoms. The highest BCUT2D eigenvalue weighted by molar-refractivity contribution is 6.45. The number of aliphatic hydroxyl groups is 1. The summed E-state index contributed by atoms with van der Waals surface area (Å²) in [7, 11) is 0.